The number of hydrogen-bond donors (Lipinski definition) is 2. The molecule has 0 aliphatic heterocycles. The summed E-state index contributed by atoms with van der Waals surface area (Å²) < 4.78 is 0. The molecule has 90 valence electrons. The molecule has 1 saturated carbocycles. The first-order chi connectivity index (χ1) is 6.95. The Morgan fingerprint density at radius 3 is 2.20 bits per heavy atom. The Balaban J connectivity index is 2.45. The SMILES string of the molecule is CC(CC(NN)C1CCCC1)C(C)(C)C. The van der Waals surface area contributed by atoms with Crippen LogP contribution in [0.15, 0.2) is 0 Å². The van der Waals surface area contributed by atoms with Crippen LogP contribution in [0.25, 0.3) is 0 Å². The van der Waals surface area contributed by atoms with Crippen LogP contribution in [0, 0.1) is 17.3 Å². The monoisotopic (exact) mass is 212 g/mol. The van der Waals surface area contributed by atoms with E-state index < -0.39 is 0 Å². The fraction of sp³-hybridized carbons (Fsp3) is 1.00. The first-order valence-corrected chi connectivity index (χ1v) is 6.41. The van der Waals surface area contributed by atoms with Crippen molar-refractivity contribution in [2.75, 3.05) is 0 Å². The second-order valence-electron chi connectivity index (χ2n) is 6.32. The van der Waals surface area contributed by atoms with Gasteiger partial charge in [0, 0.05) is 6.04 Å². The number of nitrogens with one attached hydrogen (secondary N) is 1. The van der Waals surface area contributed by atoms with Crippen molar-refractivity contribution in [1.29, 1.82) is 0 Å². The largest absolute Gasteiger partial charge is 0.271 e. The molecule has 0 radical (unpaired) electrons. The van der Waals surface area contributed by atoms with Crippen LogP contribution < -0.4 is 11.3 Å². The van der Waals surface area contributed by atoms with Crippen molar-refractivity contribution in [2.45, 2.75) is 65.8 Å². The zero-order chi connectivity index (χ0) is 11.5. The van der Waals surface area contributed by atoms with Gasteiger partial charge in [0.2, 0.25) is 0 Å². The summed E-state index contributed by atoms with van der Waals surface area (Å²) in [6, 6.07) is 0.529. The minimum Gasteiger partial charge on any atom is -0.271 e. The highest BCUT2D eigenvalue weighted by atomic mass is 15.2. The van der Waals surface area contributed by atoms with Gasteiger partial charge in [0.15, 0.2) is 0 Å². The lowest BCUT2D eigenvalue weighted by atomic mass is 9.76. The lowest BCUT2D eigenvalue weighted by molar-refractivity contribution is 0.198. The number of rotatable bonds is 4. The number of hydrazine groups is 1. The molecule has 0 heterocycles. The van der Waals surface area contributed by atoms with Crippen molar-refractivity contribution in [3.8, 4) is 0 Å². The summed E-state index contributed by atoms with van der Waals surface area (Å²) in [4.78, 5) is 0. The Bertz CT molecular complexity index is 177. The molecule has 1 aliphatic carbocycles. The summed E-state index contributed by atoms with van der Waals surface area (Å²) in [6.07, 6.45) is 6.74. The lowest BCUT2D eigenvalue weighted by Gasteiger charge is -2.32. The van der Waals surface area contributed by atoms with Gasteiger partial charge in [0.1, 0.15) is 0 Å². The average Bonchev–Trinajstić information content (AvgIpc) is 2.64. The van der Waals surface area contributed by atoms with Crippen molar-refractivity contribution in [1.82, 2.24) is 5.43 Å². The Kier molecular flexibility index (Phi) is 4.60. The van der Waals surface area contributed by atoms with Crippen LogP contribution >= 0.6 is 0 Å². The molecule has 2 nitrogen and oxygen atoms in total. The van der Waals surface area contributed by atoms with Gasteiger partial charge in [-0.05, 0) is 36.5 Å². The minimum absolute atomic E-state index is 0.397. The molecule has 0 amide bonds. The number of nitrogens with two attached hydrogens (primary N) is 1. The van der Waals surface area contributed by atoms with Gasteiger partial charge < -0.3 is 0 Å². The molecule has 0 aromatic carbocycles. The Labute approximate surface area is 95.0 Å². The summed E-state index contributed by atoms with van der Waals surface area (Å²) in [6.45, 7) is 9.30. The Morgan fingerprint density at radius 2 is 1.80 bits per heavy atom. The topological polar surface area (TPSA) is 38.0 Å². The van der Waals surface area contributed by atoms with Gasteiger partial charge in [0.05, 0.1) is 0 Å². The van der Waals surface area contributed by atoms with Gasteiger partial charge in [-0.2, -0.15) is 0 Å². The summed E-state index contributed by atoms with van der Waals surface area (Å²) in [5.41, 5.74) is 3.44. The second-order valence-corrected chi connectivity index (χ2v) is 6.32. The normalized spacial score (nSPS) is 23.0. The number of hydrogen-bond acceptors (Lipinski definition) is 2. The van der Waals surface area contributed by atoms with E-state index in [0.29, 0.717) is 11.5 Å². The van der Waals surface area contributed by atoms with E-state index in [2.05, 4.69) is 33.1 Å². The molecule has 1 rings (SSSR count). The van der Waals surface area contributed by atoms with E-state index in [1.54, 1.807) is 0 Å². The molecule has 3 N–H and O–H groups in total. The quantitative estimate of drug-likeness (QED) is 0.555. The maximum atomic E-state index is 5.69. The minimum atomic E-state index is 0.397. The summed E-state index contributed by atoms with van der Waals surface area (Å²) in [7, 11) is 0. The van der Waals surface area contributed by atoms with E-state index in [-0.39, 0.29) is 0 Å². The van der Waals surface area contributed by atoms with Gasteiger partial charge in [0.25, 0.3) is 0 Å². The van der Waals surface area contributed by atoms with Crippen molar-refractivity contribution < 1.29 is 0 Å². The smallest absolute Gasteiger partial charge is 0.0241 e. The zero-order valence-electron chi connectivity index (χ0n) is 10.8. The van der Waals surface area contributed by atoms with Crippen LogP contribution in [-0.4, -0.2) is 6.04 Å². The van der Waals surface area contributed by atoms with Gasteiger partial charge in [-0.25, -0.2) is 0 Å². The lowest BCUT2D eigenvalue weighted by Crippen LogP contribution is -2.42. The highest BCUT2D eigenvalue weighted by Crippen LogP contribution is 2.34. The molecule has 0 bridgehead atoms. The summed E-state index contributed by atoms with van der Waals surface area (Å²) in [5.74, 6) is 7.23. The zero-order valence-corrected chi connectivity index (χ0v) is 10.8. The molecular formula is C13H28N2. The predicted octanol–water partition coefficient (Wildman–Crippen LogP) is 3.08. The van der Waals surface area contributed by atoms with Crippen molar-refractivity contribution in [2.24, 2.45) is 23.1 Å². The van der Waals surface area contributed by atoms with E-state index in [9.17, 15) is 0 Å². The van der Waals surface area contributed by atoms with Gasteiger partial charge in [-0.1, -0.05) is 40.5 Å². The third-order valence-corrected chi connectivity index (χ3v) is 4.27. The van der Waals surface area contributed by atoms with Crippen molar-refractivity contribution in [3.63, 3.8) is 0 Å². The molecule has 15 heavy (non-hydrogen) atoms. The second kappa shape index (κ2) is 5.31. The van der Waals surface area contributed by atoms with Crippen LogP contribution in [-0.2, 0) is 0 Å². The molecule has 1 fully saturated rings. The fourth-order valence-corrected chi connectivity index (χ4v) is 2.49. The predicted molar refractivity (Wildman–Crippen MR) is 66.3 cm³/mol. The standard InChI is InChI=1S/C13H28N2/c1-10(13(2,3)4)9-12(15-14)11-7-5-6-8-11/h10-12,15H,5-9,14H2,1-4H3. The highest BCUT2D eigenvalue weighted by Gasteiger charge is 2.29. The van der Waals surface area contributed by atoms with Crippen molar-refractivity contribution >= 4 is 0 Å². The molecular weight excluding hydrogens is 184 g/mol. The van der Waals surface area contributed by atoms with Crippen LogP contribution in [0.5, 0.6) is 0 Å². The maximum Gasteiger partial charge on any atom is 0.0241 e. The van der Waals surface area contributed by atoms with E-state index in [4.69, 9.17) is 5.84 Å². The fourth-order valence-electron chi connectivity index (χ4n) is 2.49. The molecule has 0 saturated heterocycles. The third-order valence-electron chi connectivity index (χ3n) is 4.27. The summed E-state index contributed by atoms with van der Waals surface area (Å²) in [5, 5.41) is 0. The van der Waals surface area contributed by atoms with E-state index in [0.717, 1.165) is 11.8 Å². The highest BCUT2D eigenvalue weighted by molar-refractivity contribution is 4.83. The third kappa shape index (κ3) is 3.76. The van der Waals surface area contributed by atoms with Crippen molar-refractivity contribution in [3.05, 3.63) is 0 Å². The van der Waals surface area contributed by atoms with Crippen LogP contribution in [0.3, 0.4) is 0 Å². The maximum absolute atomic E-state index is 5.69. The van der Waals surface area contributed by atoms with Gasteiger partial charge in [-0.3, -0.25) is 11.3 Å². The molecule has 0 aromatic rings. The van der Waals surface area contributed by atoms with E-state index >= 15 is 0 Å². The van der Waals surface area contributed by atoms with Crippen LogP contribution in [0.1, 0.15) is 59.8 Å². The van der Waals surface area contributed by atoms with Gasteiger partial charge in [-0.15, -0.1) is 0 Å². The molecule has 2 atom stereocenters. The first-order valence-electron chi connectivity index (χ1n) is 6.41. The molecule has 2 heteroatoms. The average molecular weight is 212 g/mol. The van der Waals surface area contributed by atoms with Crippen LogP contribution in [0.4, 0.5) is 0 Å². The summed E-state index contributed by atoms with van der Waals surface area (Å²) >= 11 is 0. The van der Waals surface area contributed by atoms with Crippen LogP contribution in [0.2, 0.25) is 0 Å². The van der Waals surface area contributed by atoms with E-state index in [1.807, 2.05) is 0 Å². The molecule has 2 unspecified atom stereocenters. The molecule has 0 spiro atoms. The Hall–Kier alpha value is -0.0800. The Morgan fingerprint density at radius 1 is 1.27 bits per heavy atom. The molecule has 0 aromatic heterocycles. The first kappa shape index (κ1) is 13.0. The van der Waals surface area contributed by atoms with E-state index in [1.165, 1.54) is 32.1 Å². The van der Waals surface area contributed by atoms with Gasteiger partial charge >= 0.3 is 0 Å². The molecule has 1 aliphatic rings.